The predicted octanol–water partition coefficient (Wildman–Crippen LogP) is 2.79. The number of anilines is 1. The molecule has 0 unspecified atom stereocenters. The average molecular weight is 290 g/mol. The summed E-state index contributed by atoms with van der Waals surface area (Å²) >= 11 is 6.12. The summed E-state index contributed by atoms with van der Waals surface area (Å²) in [6, 6.07) is 7.32. The van der Waals surface area contributed by atoms with Gasteiger partial charge in [0, 0.05) is 12.7 Å². The number of halogens is 1. The molecule has 0 saturated carbocycles. The molecular weight excluding hydrogens is 274 g/mol. The maximum absolute atomic E-state index is 12.0. The van der Waals surface area contributed by atoms with Crippen LogP contribution in [-0.2, 0) is 18.3 Å². The summed E-state index contributed by atoms with van der Waals surface area (Å²) in [5.74, 6) is -0.0216. The number of aromatic nitrogens is 2. The fourth-order valence-electron chi connectivity index (χ4n) is 1.89. The summed E-state index contributed by atoms with van der Waals surface area (Å²) in [4.78, 5) is 12.0. The standard InChI is InChI=1S/C15H16ClN3O/c1-10-15(16)14(19(2)18-10)9-13(20)8-5-11-3-6-12(17)7-4-11/h3-8H,9,17H2,1-2H3/b8-5+. The van der Waals surface area contributed by atoms with E-state index >= 15 is 0 Å². The molecule has 4 nitrogen and oxygen atoms in total. The van der Waals surface area contributed by atoms with E-state index in [4.69, 9.17) is 17.3 Å². The van der Waals surface area contributed by atoms with E-state index in [1.54, 1.807) is 36.0 Å². The van der Waals surface area contributed by atoms with Crippen LogP contribution < -0.4 is 5.73 Å². The molecule has 5 heteroatoms. The molecule has 2 rings (SSSR count). The van der Waals surface area contributed by atoms with E-state index in [0.717, 1.165) is 17.0 Å². The number of nitrogens with two attached hydrogens (primary N) is 1. The summed E-state index contributed by atoms with van der Waals surface area (Å²) in [5, 5.41) is 4.74. The Hall–Kier alpha value is -2.07. The predicted molar refractivity (Wildman–Crippen MR) is 81.6 cm³/mol. The van der Waals surface area contributed by atoms with Crippen molar-refractivity contribution in [3.8, 4) is 0 Å². The van der Waals surface area contributed by atoms with Crippen LogP contribution in [0.1, 0.15) is 17.0 Å². The molecule has 0 fully saturated rings. The number of allylic oxidation sites excluding steroid dienone is 1. The Balaban J connectivity index is 2.07. The van der Waals surface area contributed by atoms with Crippen molar-refractivity contribution >= 4 is 29.1 Å². The number of carbonyl (C=O) groups is 1. The molecule has 0 saturated heterocycles. The summed E-state index contributed by atoms with van der Waals surface area (Å²) in [6.07, 6.45) is 3.55. The molecule has 1 aromatic carbocycles. The van der Waals surface area contributed by atoms with Crippen molar-refractivity contribution in [3.05, 3.63) is 52.3 Å². The molecule has 0 bridgehead atoms. The number of hydrogen-bond acceptors (Lipinski definition) is 3. The summed E-state index contributed by atoms with van der Waals surface area (Å²) in [6.45, 7) is 1.82. The van der Waals surface area contributed by atoms with Crippen LogP contribution in [-0.4, -0.2) is 15.6 Å². The van der Waals surface area contributed by atoms with Crippen LogP contribution in [0.3, 0.4) is 0 Å². The van der Waals surface area contributed by atoms with Gasteiger partial charge in [-0.3, -0.25) is 9.48 Å². The molecule has 0 spiro atoms. The number of rotatable bonds is 4. The summed E-state index contributed by atoms with van der Waals surface area (Å²) in [5.41, 5.74) is 8.70. The van der Waals surface area contributed by atoms with Crippen molar-refractivity contribution < 1.29 is 4.79 Å². The van der Waals surface area contributed by atoms with Crippen LogP contribution in [0.25, 0.3) is 6.08 Å². The fraction of sp³-hybridized carbons (Fsp3) is 0.200. The Morgan fingerprint density at radius 1 is 1.40 bits per heavy atom. The Bertz CT molecular complexity index is 657. The van der Waals surface area contributed by atoms with Gasteiger partial charge in [0.2, 0.25) is 0 Å². The van der Waals surface area contributed by atoms with Gasteiger partial charge in [0.15, 0.2) is 5.78 Å². The maximum Gasteiger partial charge on any atom is 0.161 e. The highest BCUT2D eigenvalue weighted by Gasteiger charge is 2.13. The Morgan fingerprint density at radius 3 is 2.60 bits per heavy atom. The highest BCUT2D eigenvalue weighted by molar-refractivity contribution is 6.32. The lowest BCUT2D eigenvalue weighted by Gasteiger charge is -1.99. The molecule has 1 aromatic heterocycles. The molecule has 0 aliphatic heterocycles. The van der Waals surface area contributed by atoms with Crippen molar-refractivity contribution in [1.82, 2.24) is 9.78 Å². The third kappa shape index (κ3) is 3.27. The van der Waals surface area contributed by atoms with Gasteiger partial charge in [0.05, 0.1) is 22.8 Å². The van der Waals surface area contributed by atoms with E-state index < -0.39 is 0 Å². The molecule has 0 aliphatic rings. The minimum Gasteiger partial charge on any atom is -0.399 e. The van der Waals surface area contributed by atoms with E-state index in [1.807, 2.05) is 19.1 Å². The summed E-state index contributed by atoms with van der Waals surface area (Å²) < 4.78 is 1.65. The second-order valence-electron chi connectivity index (χ2n) is 4.61. The van der Waals surface area contributed by atoms with Crippen molar-refractivity contribution in [2.24, 2.45) is 7.05 Å². The molecule has 0 amide bonds. The monoisotopic (exact) mass is 289 g/mol. The number of nitrogen functional groups attached to an aromatic ring is 1. The molecule has 20 heavy (non-hydrogen) atoms. The normalized spacial score (nSPS) is 11.2. The average Bonchev–Trinajstić information content (AvgIpc) is 2.65. The Kier molecular flexibility index (Phi) is 4.25. The van der Waals surface area contributed by atoms with Gasteiger partial charge >= 0.3 is 0 Å². The van der Waals surface area contributed by atoms with E-state index in [2.05, 4.69) is 5.10 Å². The molecule has 0 aliphatic carbocycles. The highest BCUT2D eigenvalue weighted by Crippen LogP contribution is 2.20. The number of nitrogens with zero attached hydrogens (tertiary/aromatic N) is 2. The van der Waals surface area contributed by atoms with Crippen LogP contribution in [0.15, 0.2) is 30.3 Å². The first-order valence-electron chi connectivity index (χ1n) is 6.22. The molecule has 0 radical (unpaired) electrons. The first kappa shape index (κ1) is 14.3. The van der Waals surface area contributed by atoms with Crippen LogP contribution >= 0.6 is 11.6 Å². The molecule has 1 heterocycles. The van der Waals surface area contributed by atoms with Crippen molar-refractivity contribution in [2.45, 2.75) is 13.3 Å². The zero-order chi connectivity index (χ0) is 14.7. The van der Waals surface area contributed by atoms with E-state index in [-0.39, 0.29) is 12.2 Å². The third-order valence-electron chi connectivity index (χ3n) is 3.00. The van der Waals surface area contributed by atoms with Gasteiger partial charge in [0.1, 0.15) is 0 Å². The zero-order valence-electron chi connectivity index (χ0n) is 11.4. The second kappa shape index (κ2) is 5.92. The van der Waals surface area contributed by atoms with Gasteiger partial charge in [-0.15, -0.1) is 0 Å². The maximum atomic E-state index is 12.0. The van der Waals surface area contributed by atoms with Gasteiger partial charge in [-0.1, -0.05) is 29.8 Å². The van der Waals surface area contributed by atoms with Crippen LogP contribution in [0.2, 0.25) is 5.02 Å². The minimum atomic E-state index is -0.0216. The lowest BCUT2D eigenvalue weighted by atomic mass is 10.1. The Labute approximate surface area is 122 Å². The Morgan fingerprint density at radius 2 is 2.05 bits per heavy atom. The van der Waals surface area contributed by atoms with Gasteiger partial charge < -0.3 is 5.73 Å². The largest absolute Gasteiger partial charge is 0.399 e. The first-order chi connectivity index (χ1) is 9.47. The number of carbonyl (C=O) groups excluding carboxylic acids is 1. The number of ketones is 1. The van der Waals surface area contributed by atoms with Gasteiger partial charge in [-0.05, 0) is 30.7 Å². The molecule has 2 N–H and O–H groups in total. The van der Waals surface area contributed by atoms with Gasteiger partial charge in [-0.25, -0.2) is 0 Å². The number of benzene rings is 1. The first-order valence-corrected chi connectivity index (χ1v) is 6.59. The minimum absolute atomic E-state index is 0.0216. The van der Waals surface area contributed by atoms with Gasteiger partial charge in [-0.2, -0.15) is 5.10 Å². The van der Waals surface area contributed by atoms with Crippen molar-refractivity contribution in [2.75, 3.05) is 5.73 Å². The topological polar surface area (TPSA) is 60.9 Å². The van der Waals surface area contributed by atoms with Crippen molar-refractivity contribution in [1.29, 1.82) is 0 Å². The van der Waals surface area contributed by atoms with Crippen molar-refractivity contribution in [3.63, 3.8) is 0 Å². The van der Waals surface area contributed by atoms with E-state index in [0.29, 0.717) is 10.7 Å². The quantitative estimate of drug-likeness (QED) is 0.695. The van der Waals surface area contributed by atoms with E-state index in [9.17, 15) is 4.79 Å². The smallest absolute Gasteiger partial charge is 0.161 e. The summed E-state index contributed by atoms with van der Waals surface area (Å²) in [7, 11) is 1.78. The van der Waals surface area contributed by atoms with E-state index in [1.165, 1.54) is 0 Å². The molecule has 104 valence electrons. The lowest BCUT2D eigenvalue weighted by molar-refractivity contribution is -0.114. The molecule has 2 aromatic rings. The number of aryl methyl sites for hydroxylation is 2. The molecule has 0 atom stereocenters. The second-order valence-corrected chi connectivity index (χ2v) is 4.99. The van der Waals surface area contributed by atoms with Gasteiger partial charge in [0.25, 0.3) is 0 Å². The van der Waals surface area contributed by atoms with Crippen LogP contribution in [0, 0.1) is 6.92 Å². The fourth-order valence-corrected chi connectivity index (χ4v) is 2.12. The third-order valence-corrected chi connectivity index (χ3v) is 3.49. The van der Waals surface area contributed by atoms with Crippen LogP contribution in [0.5, 0.6) is 0 Å². The molecular formula is C15H16ClN3O. The number of hydrogen-bond donors (Lipinski definition) is 1. The lowest BCUT2D eigenvalue weighted by Crippen LogP contribution is -2.05. The van der Waals surface area contributed by atoms with Crippen LogP contribution in [0.4, 0.5) is 5.69 Å². The highest BCUT2D eigenvalue weighted by atomic mass is 35.5. The SMILES string of the molecule is Cc1nn(C)c(CC(=O)/C=C/c2ccc(N)cc2)c1Cl. The zero-order valence-corrected chi connectivity index (χ0v) is 12.2.